The summed E-state index contributed by atoms with van der Waals surface area (Å²) in [5.74, 6) is 3.51. The standard InChI is InChI=1S/C21H28Cl3N2O7PS2/c1-5-7-9-10-15-26(36(30,31)21(22,23)24)34(29,35-16-8-6-2)25(3)19(27)20(28)33-18-13-11-17(32-4)12-14-18/h11-14H,5-6,8,10,15-16H2,1-4H3. The van der Waals surface area contributed by atoms with Crippen molar-refractivity contribution >= 4 is 74.7 Å². The third-order valence-corrected chi connectivity index (χ3v) is 14.5. The molecular weight excluding hydrogens is 594 g/mol. The van der Waals surface area contributed by atoms with E-state index >= 15 is 0 Å². The Labute approximate surface area is 231 Å². The fourth-order valence-corrected chi connectivity index (χ4v) is 11.7. The fourth-order valence-electron chi connectivity index (χ4n) is 2.54. The zero-order valence-corrected chi connectivity index (χ0v) is 25.0. The Morgan fingerprint density at radius 2 is 1.69 bits per heavy atom. The lowest BCUT2D eigenvalue weighted by atomic mass is 10.3. The molecule has 0 saturated carbocycles. The molecule has 0 heterocycles. The molecule has 0 aliphatic carbocycles. The van der Waals surface area contributed by atoms with Gasteiger partial charge in [-0.05, 0) is 30.7 Å². The van der Waals surface area contributed by atoms with Crippen LogP contribution in [0.2, 0.25) is 0 Å². The summed E-state index contributed by atoms with van der Waals surface area (Å²) in [6.45, 7) is -1.20. The smallest absolute Gasteiger partial charge is 0.402 e. The highest BCUT2D eigenvalue weighted by Gasteiger charge is 2.53. The van der Waals surface area contributed by atoms with E-state index in [4.69, 9.17) is 44.3 Å². The molecule has 0 saturated heterocycles. The summed E-state index contributed by atoms with van der Waals surface area (Å²) in [6, 6.07) is 5.81. The average molecular weight is 622 g/mol. The van der Waals surface area contributed by atoms with Gasteiger partial charge in [-0.25, -0.2) is 13.2 Å². The van der Waals surface area contributed by atoms with Gasteiger partial charge in [-0.15, -0.1) is 15.9 Å². The first-order valence-electron chi connectivity index (χ1n) is 10.7. The molecule has 0 bridgehead atoms. The van der Waals surface area contributed by atoms with Gasteiger partial charge in [0.15, 0.2) is 0 Å². The van der Waals surface area contributed by atoms with Gasteiger partial charge in [-0.1, -0.05) is 66.5 Å². The predicted octanol–water partition coefficient (Wildman–Crippen LogP) is 5.46. The summed E-state index contributed by atoms with van der Waals surface area (Å²) < 4.78 is 48.9. The second-order valence-corrected chi connectivity index (χ2v) is 17.2. The molecule has 1 aromatic rings. The molecule has 1 aromatic carbocycles. The lowest BCUT2D eigenvalue weighted by molar-refractivity contribution is -0.150. The predicted molar refractivity (Wildman–Crippen MR) is 145 cm³/mol. The molecule has 15 heteroatoms. The molecule has 0 fully saturated rings. The lowest BCUT2D eigenvalue weighted by Crippen LogP contribution is -2.43. The molecule has 0 aliphatic heterocycles. The highest BCUT2D eigenvalue weighted by molar-refractivity contribution is 8.57. The quantitative estimate of drug-likeness (QED) is 0.0609. The number of hydrogen-bond donors (Lipinski definition) is 0. The summed E-state index contributed by atoms with van der Waals surface area (Å²) in [4.78, 5) is 25.6. The van der Waals surface area contributed by atoms with Crippen LogP contribution < -0.4 is 9.47 Å². The second-order valence-electron chi connectivity index (χ2n) is 7.02. The van der Waals surface area contributed by atoms with Crippen LogP contribution in [0.4, 0.5) is 0 Å². The van der Waals surface area contributed by atoms with Crippen LogP contribution in [0.5, 0.6) is 11.5 Å². The number of rotatable bonds is 11. The number of ether oxygens (including phenoxy) is 2. The molecule has 9 nitrogen and oxygen atoms in total. The number of carbonyl (C=O) groups excluding carboxylic acids is 2. The number of halogens is 3. The van der Waals surface area contributed by atoms with E-state index in [1.54, 1.807) is 6.92 Å². The van der Waals surface area contributed by atoms with Crippen molar-refractivity contribution in [2.75, 3.05) is 26.5 Å². The number of hydrogen-bond acceptors (Lipinski definition) is 8. The number of alkyl halides is 3. The monoisotopic (exact) mass is 620 g/mol. The zero-order chi connectivity index (χ0) is 27.6. The minimum atomic E-state index is -4.87. The zero-order valence-electron chi connectivity index (χ0n) is 20.2. The van der Waals surface area contributed by atoms with E-state index in [9.17, 15) is 22.6 Å². The molecule has 0 aromatic heterocycles. The Balaban J connectivity index is 3.42. The van der Waals surface area contributed by atoms with Crippen molar-refractivity contribution in [3.05, 3.63) is 24.3 Å². The molecule has 0 aliphatic rings. The van der Waals surface area contributed by atoms with Crippen LogP contribution in [0.25, 0.3) is 0 Å². The third kappa shape index (κ3) is 8.73. The summed E-state index contributed by atoms with van der Waals surface area (Å²) in [5, 5.41) is 0. The first-order chi connectivity index (χ1) is 16.8. The first-order valence-corrected chi connectivity index (χ1v) is 16.5. The Kier molecular flexibility index (Phi) is 13.5. The maximum absolute atomic E-state index is 14.3. The average Bonchev–Trinajstić information content (AvgIpc) is 2.82. The normalized spacial score (nSPS) is 13.3. The molecular formula is C21H28Cl3N2O7PS2. The number of carbonyl (C=O) groups is 2. The molecule has 1 rings (SSSR count). The number of unbranched alkanes of at least 4 members (excludes halogenated alkanes) is 1. The van der Waals surface area contributed by atoms with Crippen molar-refractivity contribution < 1.29 is 32.0 Å². The van der Waals surface area contributed by atoms with E-state index in [1.807, 2.05) is 6.92 Å². The van der Waals surface area contributed by atoms with Crippen molar-refractivity contribution in [1.82, 2.24) is 8.75 Å². The van der Waals surface area contributed by atoms with Crippen LogP contribution in [-0.4, -0.2) is 58.6 Å². The van der Waals surface area contributed by atoms with Crippen LogP contribution in [0.1, 0.15) is 39.5 Å². The minimum absolute atomic E-state index is 0.0247. The molecule has 202 valence electrons. The van der Waals surface area contributed by atoms with Crippen LogP contribution in [0.3, 0.4) is 0 Å². The Morgan fingerprint density at radius 3 is 2.19 bits per heavy atom. The van der Waals surface area contributed by atoms with Gasteiger partial charge in [-0.2, -0.15) is 0 Å². The van der Waals surface area contributed by atoms with E-state index in [-0.39, 0.29) is 17.9 Å². The van der Waals surface area contributed by atoms with Crippen LogP contribution in [0.15, 0.2) is 24.3 Å². The maximum Gasteiger partial charge on any atom is 0.402 e. The van der Waals surface area contributed by atoms with Crippen molar-refractivity contribution in [3.8, 4) is 23.3 Å². The minimum Gasteiger partial charge on any atom is -0.497 e. The fraction of sp³-hybridized carbons (Fsp3) is 0.524. The number of likely N-dealkylation sites (N-methyl/N-ethyl adjacent to an activating group) is 1. The summed E-state index contributed by atoms with van der Waals surface area (Å²) in [5.41, 5.74) is 0. The Bertz CT molecular complexity index is 1120. The summed E-state index contributed by atoms with van der Waals surface area (Å²) in [7, 11) is -2.38. The molecule has 1 unspecified atom stereocenters. The van der Waals surface area contributed by atoms with Crippen LogP contribution >= 0.6 is 52.8 Å². The third-order valence-electron chi connectivity index (χ3n) is 4.46. The number of esters is 1. The van der Waals surface area contributed by atoms with Crippen molar-refractivity contribution in [1.29, 1.82) is 0 Å². The van der Waals surface area contributed by atoms with Gasteiger partial charge in [0.2, 0.25) is 0 Å². The van der Waals surface area contributed by atoms with Gasteiger partial charge in [0.05, 0.1) is 7.11 Å². The number of methoxy groups -OCH3 is 1. The maximum atomic E-state index is 14.3. The van der Waals surface area contributed by atoms with Gasteiger partial charge >= 0.3 is 21.6 Å². The number of benzene rings is 1. The summed E-state index contributed by atoms with van der Waals surface area (Å²) >= 11 is 17.9. The van der Waals surface area contributed by atoms with E-state index in [2.05, 4.69) is 11.8 Å². The van der Waals surface area contributed by atoms with Gasteiger partial charge in [0.1, 0.15) is 11.5 Å². The van der Waals surface area contributed by atoms with Crippen molar-refractivity contribution in [2.24, 2.45) is 0 Å². The second kappa shape index (κ2) is 14.7. The Hall–Kier alpha value is -1.12. The number of nitrogens with zero attached hydrogens (tertiary/aromatic N) is 2. The van der Waals surface area contributed by atoms with Crippen LogP contribution in [-0.2, 0) is 24.2 Å². The molecule has 1 amide bonds. The topological polar surface area (TPSA) is 110 Å². The van der Waals surface area contributed by atoms with Gasteiger partial charge in [-0.3, -0.25) is 14.0 Å². The lowest BCUT2D eigenvalue weighted by Gasteiger charge is -2.36. The number of sulfonamides is 1. The highest BCUT2D eigenvalue weighted by Crippen LogP contribution is 2.66. The molecule has 0 spiro atoms. The highest BCUT2D eigenvalue weighted by atomic mass is 35.6. The van der Waals surface area contributed by atoms with Gasteiger partial charge < -0.3 is 9.47 Å². The summed E-state index contributed by atoms with van der Waals surface area (Å²) in [6.07, 6.45) is 1.70. The van der Waals surface area contributed by atoms with Crippen molar-refractivity contribution in [2.45, 2.75) is 42.7 Å². The Morgan fingerprint density at radius 1 is 1.11 bits per heavy atom. The van der Waals surface area contributed by atoms with Gasteiger partial charge in [0, 0.05) is 32.2 Å². The molecule has 0 radical (unpaired) electrons. The number of amides is 1. The largest absolute Gasteiger partial charge is 0.497 e. The van der Waals surface area contributed by atoms with Crippen LogP contribution in [0, 0.1) is 11.8 Å². The molecule has 0 N–H and O–H groups in total. The molecule has 36 heavy (non-hydrogen) atoms. The van der Waals surface area contributed by atoms with Crippen molar-refractivity contribution in [3.63, 3.8) is 0 Å². The van der Waals surface area contributed by atoms with E-state index < -0.39 is 38.2 Å². The SMILES string of the molecule is CCC#CCCN(P(=O)(SCCCC)N(C)C(=O)C(=O)Oc1ccc(OC)cc1)S(=O)(=O)C(Cl)(Cl)Cl. The van der Waals surface area contributed by atoms with E-state index in [0.29, 0.717) is 45.1 Å². The van der Waals surface area contributed by atoms with Gasteiger partial charge in [0.25, 0.3) is 10.0 Å². The first kappa shape index (κ1) is 32.9. The van der Waals surface area contributed by atoms with E-state index in [0.717, 1.165) is 7.05 Å². The van der Waals surface area contributed by atoms with E-state index in [1.165, 1.54) is 31.4 Å². The molecule has 1 atom stereocenters.